The van der Waals surface area contributed by atoms with Gasteiger partial charge in [0, 0.05) is 25.2 Å². The van der Waals surface area contributed by atoms with Gasteiger partial charge in [-0.15, -0.1) is 0 Å². The SMILES string of the molecule is Nc1nc2ccc(C(=O)NCC(c3ccc(F)cc3)N3CCOCC3)cc2o1. The number of carbonyl (C=O) groups excluding carboxylic acids is 1. The first kappa shape index (κ1) is 18.4. The Morgan fingerprint density at radius 3 is 2.71 bits per heavy atom. The molecule has 1 atom stereocenters. The van der Waals surface area contributed by atoms with E-state index in [4.69, 9.17) is 14.9 Å². The van der Waals surface area contributed by atoms with Crippen LogP contribution in [0.1, 0.15) is 22.0 Å². The molecule has 1 aromatic heterocycles. The highest BCUT2D eigenvalue weighted by Gasteiger charge is 2.23. The number of rotatable bonds is 5. The molecule has 1 fully saturated rings. The van der Waals surface area contributed by atoms with E-state index in [-0.39, 0.29) is 23.8 Å². The third-order valence-corrected chi connectivity index (χ3v) is 4.86. The number of morpholine rings is 1. The first-order valence-electron chi connectivity index (χ1n) is 9.12. The van der Waals surface area contributed by atoms with Crippen molar-refractivity contribution in [2.75, 3.05) is 38.6 Å². The van der Waals surface area contributed by atoms with Crippen molar-refractivity contribution in [2.24, 2.45) is 0 Å². The maximum atomic E-state index is 13.3. The number of aromatic nitrogens is 1. The summed E-state index contributed by atoms with van der Waals surface area (Å²) in [5, 5.41) is 2.97. The molecule has 0 radical (unpaired) electrons. The minimum absolute atomic E-state index is 0.0660. The highest BCUT2D eigenvalue weighted by molar-refractivity contribution is 5.97. The summed E-state index contributed by atoms with van der Waals surface area (Å²) in [6, 6.07) is 11.4. The molecule has 3 aromatic rings. The van der Waals surface area contributed by atoms with Crippen LogP contribution in [-0.4, -0.2) is 48.6 Å². The summed E-state index contributed by atoms with van der Waals surface area (Å²) in [4.78, 5) is 18.9. The number of hydrogen-bond acceptors (Lipinski definition) is 6. The number of carbonyl (C=O) groups is 1. The van der Waals surface area contributed by atoms with E-state index in [1.54, 1.807) is 30.3 Å². The lowest BCUT2D eigenvalue weighted by molar-refractivity contribution is 0.0162. The van der Waals surface area contributed by atoms with Crippen LogP contribution in [0.4, 0.5) is 10.4 Å². The Bertz CT molecular complexity index is 967. The number of benzene rings is 2. The van der Waals surface area contributed by atoms with Crippen molar-refractivity contribution in [2.45, 2.75) is 6.04 Å². The van der Waals surface area contributed by atoms with E-state index in [9.17, 15) is 9.18 Å². The number of ether oxygens (including phenoxy) is 1. The van der Waals surface area contributed by atoms with E-state index in [0.29, 0.717) is 36.4 Å². The van der Waals surface area contributed by atoms with E-state index in [0.717, 1.165) is 18.7 Å². The standard InChI is InChI=1S/C20H21FN4O3/c21-15-4-1-13(2-5-15)17(25-7-9-27-10-8-25)12-23-19(26)14-3-6-16-18(11-14)28-20(22)24-16/h1-6,11,17H,7-10,12H2,(H2,22,24)(H,23,26). The quantitative estimate of drug-likeness (QED) is 0.701. The van der Waals surface area contributed by atoms with Crippen LogP contribution < -0.4 is 11.1 Å². The maximum absolute atomic E-state index is 13.3. The fourth-order valence-electron chi connectivity index (χ4n) is 3.41. The van der Waals surface area contributed by atoms with Gasteiger partial charge in [0.2, 0.25) is 0 Å². The van der Waals surface area contributed by atoms with Crippen molar-refractivity contribution in [3.8, 4) is 0 Å². The average Bonchev–Trinajstić information content (AvgIpc) is 3.09. The number of halogens is 1. The number of nitrogens with two attached hydrogens (primary N) is 1. The van der Waals surface area contributed by atoms with Crippen LogP contribution in [0.25, 0.3) is 11.1 Å². The van der Waals surface area contributed by atoms with E-state index in [1.807, 2.05) is 0 Å². The van der Waals surface area contributed by atoms with Crippen molar-refractivity contribution in [3.05, 3.63) is 59.4 Å². The number of oxazole rings is 1. The number of anilines is 1. The van der Waals surface area contributed by atoms with E-state index in [1.165, 1.54) is 12.1 Å². The summed E-state index contributed by atoms with van der Waals surface area (Å²) in [6.07, 6.45) is 0. The lowest BCUT2D eigenvalue weighted by atomic mass is 10.0. The Kier molecular flexibility index (Phi) is 5.23. The summed E-state index contributed by atoms with van der Waals surface area (Å²) >= 11 is 0. The Balaban J connectivity index is 1.50. The molecule has 1 saturated heterocycles. The predicted molar refractivity (Wildman–Crippen MR) is 102 cm³/mol. The topological polar surface area (TPSA) is 93.6 Å². The molecule has 8 heteroatoms. The summed E-state index contributed by atoms with van der Waals surface area (Å²) in [5.41, 5.74) is 8.03. The molecule has 0 saturated carbocycles. The van der Waals surface area contributed by atoms with Crippen LogP contribution >= 0.6 is 0 Å². The van der Waals surface area contributed by atoms with Crippen molar-refractivity contribution < 1.29 is 18.3 Å². The molecular formula is C20H21FN4O3. The van der Waals surface area contributed by atoms with Crippen LogP contribution in [0.15, 0.2) is 46.9 Å². The highest BCUT2D eigenvalue weighted by Crippen LogP contribution is 2.22. The molecule has 0 aliphatic carbocycles. The number of nitrogens with one attached hydrogen (secondary N) is 1. The molecule has 7 nitrogen and oxygen atoms in total. The first-order chi connectivity index (χ1) is 13.6. The molecule has 28 heavy (non-hydrogen) atoms. The molecule has 2 heterocycles. The Labute approximate surface area is 161 Å². The van der Waals surface area contributed by atoms with Crippen molar-refractivity contribution in [1.29, 1.82) is 0 Å². The second-order valence-electron chi connectivity index (χ2n) is 6.66. The Hall–Kier alpha value is -2.97. The fraction of sp³-hybridized carbons (Fsp3) is 0.300. The first-order valence-corrected chi connectivity index (χ1v) is 9.12. The summed E-state index contributed by atoms with van der Waals surface area (Å²) < 4.78 is 24.0. The van der Waals surface area contributed by atoms with Gasteiger partial charge in [-0.25, -0.2) is 4.39 Å². The fourth-order valence-corrected chi connectivity index (χ4v) is 3.41. The van der Waals surface area contributed by atoms with Gasteiger partial charge in [-0.1, -0.05) is 12.1 Å². The van der Waals surface area contributed by atoms with Gasteiger partial charge in [0.15, 0.2) is 5.58 Å². The molecule has 0 bridgehead atoms. The zero-order valence-corrected chi connectivity index (χ0v) is 15.2. The molecule has 1 aliphatic heterocycles. The third-order valence-electron chi connectivity index (χ3n) is 4.86. The van der Waals surface area contributed by atoms with Gasteiger partial charge in [-0.3, -0.25) is 9.69 Å². The van der Waals surface area contributed by atoms with Crippen LogP contribution in [0.5, 0.6) is 0 Å². The Morgan fingerprint density at radius 1 is 1.21 bits per heavy atom. The number of fused-ring (bicyclic) bond motifs is 1. The zero-order valence-electron chi connectivity index (χ0n) is 15.2. The van der Waals surface area contributed by atoms with Crippen molar-refractivity contribution in [3.63, 3.8) is 0 Å². The molecule has 1 aliphatic rings. The second kappa shape index (κ2) is 7.95. The van der Waals surface area contributed by atoms with Gasteiger partial charge >= 0.3 is 0 Å². The van der Waals surface area contributed by atoms with Gasteiger partial charge in [-0.2, -0.15) is 4.98 Å². The van der Waals surface area contributed by atoms with Gasteiger partial charge in [0.25, 0.3) is 11.9 Å². The van der Waals surface area contributed by atoms with Crippen molar-refractivity contribution in [1.82, 2.24) is 15.2 Å². The molecule has 146 valence electrons. The molecular weight excluding hydrogens is 363 g/mol. The highest BCUT2D eigenvalue weighted by atomic mass is 19.1. The lowest BCUT2D eigenvalue weighted by Crippen LogP contribution is -2.43. The van der Waals surface area contributed by atoms with Crippen molar-refractivity contribution >= 4 is 23.0 Å². The molecule has 3 N–H and O–H groups in total. The third kappa shape index (κ3) is 3.97. The monoisotopic (exact) mass is 384 g/mol. The van der Waals surface area contributed by atoms with Gasteiger partial charge in [-0.05, 0) is 35.9 Å². The minimum atomic E-state index is -0.284. The number of hydrogen-bond donors (Lipinski definition) is 2. The molecule has 4 rings (SSSR count). The van der Waals surface area contributed by atoms with Gasteiger partial charge in [0.1, 0.15) is 11.3 Å². The van der Waals surface area contributed by atoms with E-state index >= 15 is 0 Å². The van der Waals surface area contributed by atoms with Crippen LogP contribution in [0.2, 0.25) is 0 Å². The van der Waals surface area contributed by atoms with E-state index in [2.05, 4.69) is 15.2 Å². The van der Waals surface area contributed by atoms with Crippen LogP contribution in [-0.2, 0) is 4.74 Å². The number of nitrogens with zero attached hydrogens (tertiary/aromatic N) is 2. The molecule has 1 amide bonds. The summed E-state index contributed by atoms with van der Waals surface area (Å²) in [7, 11) is 0. The van der Waals surface area contributed by atoms with E-state index < -0.39 is 0 Å². The van der Waals surface area contributed by atoms with Crippen LogP contribution in [0.3, 0.4) is 0 Å². The second-order valence-corrected chi connectivity index (χ2v) is 6.66. The van der Waals surface area contributed by atoms with Crippen LogP contribution in [0, 0.1) is 5.82 Å². The largest absolute Gasteiger partial charge is 0.424 e. The lowest BCUT2D eigenvalue weighted by Gasteiger charge is -2.35. The zero-order chi connectivity index (χ0) is 19.5. The maximum Gasteiger partial charge on any atom is 0.292 e. The molecule has 0 spiro atoms. The number of amides is 1. The summed E-state index contributed by atoms with van der Waals surface area (Å²) in [6.45, 7) is 3.16. The van der Waals surface area contributed by atoms with Gasteiger partial charge in [0.05, 0.1) is 19.3 Å². The Morgan fingerprint density at radius 2 is 1.96 bits per heavy atom. The average molecular weight is 384 g/mol. The number of nitrogen functional groups attached to an aromatic ring is 1. The van der Waals surface area contributed by atoms with Gasteiger partial charge < -0.3 is 20.2 Å². The normalized spacial score (nSPS) is 16.2. The summed E-state index contributed by atoms with van der Waals surface area (Å²) in [5.74, 6) is -0.509. The molecule has 2 aromatic carbocycles. The smallest absolute Gasteiger partial charge is 0.292 e. The molecule has 1 unspecified atom stereocenters. The predicted octanol–water partition coefficient (Wildman–Crippen LogP) is 2.35. The minimum Gasteiger partial charge on any atom is -0.424 e.